The van der Waals surface area contributed by atoms with Crippen molar-refractivity contribution in [2.24, 2.45) is 0 Å². The van der Waals surface area contributed by atoms with Crippen LogP contribution in [0.1, 0.15) is 10.4 Å². The summed E-state index contributed by atoms with van der Waals surface area (Å²) in [5, 5.41) is 2.62. The Bertz CT molecular complexity index is 1300. The topological polar surface area (TPSA) is 105 Å². The number of hydrogen-bond donors (Lipinski definition) is 2. The van der Waals surface area contributed by atoms with Crippen LogP contribution >= 0.6 is 34.2 Å². The van der Waals surface area contributed by atoms with Gasteiger partial charge < -0.3 is 15.0 Å². The van der Waals surface area contributed by atoms with Crippen LogP contribution in [-0.4, -0.2) is 41.0 Å². The van der Waals surface area contributed by atoms with Gasteiger partial charge in [0, 0.05) is 34.7 Å². The lowest BCUT2D eigenvalue weighted by Crippen LogP contribution is -2.21. The lowest BCUT2D eigenvalue weighted by atomic mass is 10.2. The molecule has 3 rings (SSSR count). The van der Waals surface area contributed by atoms with Gasteiger partial charge in [0.05, 0.1) is 15.5 Å². The lowest BCUT2D eigenvalue weighted by Gasteiger charge is -2.13. The van der Waals surface area contributed by atoms with E-state index in [0.717, 1.165) is 15.3 Å². The van der Waals surface area contributed by atoms with Crippen molar-refractivity contribution in [3.05, 3.63) is 80.9 Å². The number of rotatable bonds is 8. The molecule has 0 heterocycles. The van der Waals surface area contributed by atoms with E-state index in [1.807, 2.05) is 31.1 Å². The maximum atomic E-state index is 12.7. The normalized spacial score (nSPS) is 10.9. The van der Waals surface area contributed by atoms with Crippen molar-refractivity contribution < 1.29 is 22.7 Å². The second-order valence-corrected chi connectivity index (χ2v) is 10.7. The first-order valence-electron chi connectivity index (χ1n) is 9.87. The molecule has 8 nitrogen and oxygen atoms in total. The molecular weight excluding hydrogens is 593 g/mol. The Morgan fingerprint density at radius 2 is 1.59 bits per heavy atom. The first-order valence-corrected chi connectivity index (χ1v) is 12.8. The van der Waals surface area contributed by atoms with Gasteiger partial charge in [-0.1, -0.05) is 11.6 Å². The van der Waals surface area contributed by atoms with E-state index in [9.17, 15) is 18.0 Å². The van der Waals surface area contributed by atoms with Crippen molar-refractivity contribution in [2.75, 3.05) is 35.6 Å². The lowest BCUT2D eigenvalue weighted by molar-refractivity contribution is -0.119. The first kappa shape index (κ1) is 25.8. The van der Waals surface area contributed by atoms with E-state index in [1.165, 1.54) is 12.1 Å². The molecule has 11 heteroatoms. The van der Waals surface area contributed by atoms with Crippen LogP contribution in [0.25, 0.3) is 0 Å². The monoisotopic (exact) mass is 613 g/mol. The van der Waals surface area contributed by atoms with E-state index >= 15 is 0 Å². The average Bonchev–Trinajstić information content (AvgIpc) is 2.79. The number of anilines is 3. The highest BCUT2D eigenvalue weighted by Crippen LogP contribution is 2.24. The molecule has 0 aliphatic carbocycles. The fourth-order valence-electron chi connectivity index (χ4n) is 2.81. The van der Waals surface area contributed by atoms with Crippen molar-refractivity contribution in [3.8, 4) is 0 Å². The minimum Gasteiger partial charge on any atom is -0.452 e. The summed E-state index contributed by atoms with van der Waals surface area (Å²) in [5.74, 6) is -1.47. The van der Waals surface area contributed by atoms with Crippen LogP contribution in [0.15, 0.2) is 71.6 Å². The SMILES string of the molecule is CN(C)c1ccc(NC(=O)COC(=O)c2cc(S(=O)(=O)Nc3ccc(I)cc3)ccc2Cl)cc1. The number of carbonyl (C=O) groups excluding carboxylic acids is 2. The maximum Gasteiger partial charge on any atom is 0.340 e. The summed E-state index contributed by atoms with van der Waals surface area (Å²) in [5.41, 5.74) is 1.70. The zero-order chi connectivity index (χ0) is 24.9. The highest BCUT2D eigenvalue weighted by molar-refractivity contribution is 14.1. The molecule has 0 spiro atoms. The number of benzene rings is 3. The van der Waals surface area contributed by atoms with Crippen LogP contribution in [0.3, 0.4) is 0 Å². The fraction of sp³-hybridized carbons (Fsp3) is 0.130. The van der Waals surface area contributed by atoms with Crippen molar-refractivity contribution >= 4 is 73.2 Å². The molecule has 0 aromatic heterocycles. The Balaban J connectivity index is 1.65. The minimum absolute atomic E-state index is 0.00195. The van der Waals surface area contributed by atoms with Crippen molar-refractivity contribution in [1.29, 1.82) is 0 Å². The zero-order valence-electron chi connectivity index (χ0n) is 18.2. The summed E-state index contributed by atoms with van der Waals surface area (Å²) in [7, 11) is -0.183. The standard InChI is InChI=1S/C23H21ClIN3O5S/c1-28(2)18-9-7-16(8-10-18)26-22(29)14-33-23(30)20-13-19(11-12-21(20)24)34(31,32)27-17-5-3-15(25)4-6-17/h3-13,27H,14H2,1-2H3,(H,26,29). The fourth-order valence-corrected chi connectivity index (χ4v) is 4.45. The average molecular weight is 614 g/mol. The molecule has 0 bridgehead atoms. The molecule has 34 heavy (non-hydrogen) atoms. The van der Waals surface area contributed by atoms with Gasteiger partial charge >= 0.3 is 5.97 Å². The number of nitrogens with one attached hydrogen (secondary N) is 2. The van der Waals surface area contributed by atoms with E-state index < -0.39 is 28.5 Å². The summed E-state index contributed by atoms with van der Waals surface area (Å²) >= 11 is 8.19. The van der Waals surface area contributed by atoms with Crippen LogP contribution in [0.5, 0.6) is 0 Å². The summed E-state index contributed by atoms with van der Waals surface area (Å²) in [6.07, 6.45) is 0. The van der Waals surface area contributed by atoms with Gasteiger partial charge in [-0.05, 0) is 89.3 Å². The highest BCUT2D eigenvalue weighted by atomic mass is 127. The number of ether oxygens (including phenoxy) is 1. The smallest absolute Gasteiger partial charge is 0.340 e. The van der Waals surface area contributed by atoms with Gasteiger partial charge in [0.25, 0.3) is 15.9 Å². The third-order valence-electron chi connectivity index (χ3n) is 4.57. The Morgan fingerprint density at radius 1 is 0.971 bits per heavy atom. The highest BCUT2D eigenvalue weighted by Gasteiger charge is 2.20. The van der Waals surface area contributed by atoms with Gasteiger partial charge in [-0.25, -0.2) is 13.2 Å². The number of esters is 1. The minimum atomic E-state index is -3.98. The van der Waals surface area contributed by atoms with Gasteiger partial charge in [0.1, 0.15) is 0 Å². The van der Waals surface area contributed by atoms with E-state index in [0.29, 0.717) is 11.4 Å². The number of carbonyl (C=O) groups is 2. The third kappa shape index (κ3) is 6.84. The quantitative estimate of drug-likeness (QED) is 0.284. The molecule has 0 unspecified atom stereocenters. The number of halogens is 2. The molecule has 0 aliphatic rings. The number of amides is 1. The molecule has 0 fully saturated rings. The number of hydrogen-bond acceptors (Lipinski definition) is 6. The summed E-state index contributed by atoms with van der Waals surface area (Å²) in [6.45, 7) is -0.567. The summed E-state index contributed by atoms with van der Waals surface area (Å²) < 4.78 is 33.9. The Labute approximate surface area is 216 Å². The predicted octanol–water partition coefficient (Wildman–Crippen LogP) is 4.61. The van der Waals surface area contributed by atoms with Crippen LogP contribution in [0, 0.1) is 3.57 Å². The molecular formula is C23H21ClIN3O5S. The van der Waals surface area contributed by atoms with Gasteiger partial charge in [0.2, 0.25) is 0 Å². The predicted molar refractivity (Wildman–Crippen MR) is 141 cm³/mol. The van der Waals surface area contributed by atoms with Crippen LogP contribution in [-0.2, 0) is 19.6 Å². The summed E-state index contributed by atoms with van der Waals surface area (Å²) in [6, 6.07) is 17.5. The van der Waals surface area contributed by atoms with Crippen LogP contribution < -0.4 is 14.9 Å². The van der Waals surface area contributed by atoms with E-state index in [4.69, 9.17) is 16.3 Å². The molecule has 3 aromatic rings. The second kappa shape index (κ2) is 11.1. The van der Waals surface area contributed by atoms with Gasteiger partial charge in [-0.3, -0.25) is 9.52 Å². The van der Waals surface area contributed by atoms with E-state index in [-0.39, 0.29) is 15.5 Å². The molecule has 0 aliphatic heterocycles. The molecule has 0 radical (unpaired) electrons. The molecule has 3 aromatic carbocycles. The zero-order valence-corrected chi connectivity index (χ0v) is 21.9. The van der Waals surface area contributed by atoms with Crippen molar-refractivity contribution in [2.45, 2.75) is 4.90 Å². The van der Waals surface area contributed by atoms with E-state index in [2.05, 4.69) is 32.6 Å². The maximum absolute atomic E-state index is 12.7. The Morgan fingerprint density at radius 3 is 2.21 bits per heavy atom. The largest absolute Gasteiger partial charge is 0.452 e. The molecule has 0 saturated heterocycles. The Hall–Kier alpha value is -2.83. The van der Waals surface area contributed by atoms with Crippen LogP contribution in [0.4, 0.5) is 17.1 Å². The van der Waals surface area contributed by atoms with Gasteiger partial charge in [-0.2, -0.15) is 0 Å². The Kier molecular flexibility index (Phi) is 8.39. The third-order valence-corrected chi connectivity index (χ3v) is 6.99. The number of nitrogens with zero attached hydrogens (tertiary/aromatic N) is 1. The molecule has 0 saturated carbocycles. The van der Waals surface area contributed by atoms with Gasteiger partial charge in [-0.15, -0.1) is 0 Å². The van der Waals surface area contributed by atoms with Crippen molar-refractivity contribution in [3.63, 3.8) is 0 Å². The molecule has 0 atom stereocenters. The molecule has 2 N–H and O–H groups in total. The van der Waals surface area contributed by atoms with Gasteiger partial charge in [0.15, 0.2) is 6.61 Å². The number of sulfonamides is 1. The first-order chi connectivity index (χ1) is 16.0. The molecule has 1 amide bonds. The van der Waals surface area contributed by atoms with Crippen LogP contribution in [0.2, 0.25) is 5.02 Å². The molecule has 178 valence electrons. The summed E-state index contributed by atoms with van der Waals surface area (Å²) in [4.78, 5) is 26.4. The van der Waals surface area contributed by atoms with E-state index in [1.54, 1.807) is 36.4 Å². The van der Waals surface area contributed by atoms with Crippen molar-refractivity contribution in [1.82, 2.24) is 0 Å². The second-order valence-electron chi connectivity index (χ2n) is 7.32.